The van der Waals surface area contributed by atoms with Gasteiger partial charge >= 0.3 is 0 Å². The molecule has 1 unspecified atom stereocenters. The minimum Gasteiger partial charge on any atom is -0.507 e. The van der Waals surface area contributed by atoms with E-state index < -0.39 is 0 Å². The van der Waals surface area contributed by atoms with E-state index in [4.69, 9.17) is 0 Å². The Morgan fingerprint density at radius 2 is 2.00 bits per heavy atom. The number of nitrogens with one attached hydrogen (secondary N) is 1. The first-order valence-corrected chi connectivity index (χ1v) is 9.50. The minimum atomic E-state index is 0.141. The van der Waals surface area contributed by atoms with E-state index in [2.05, 4.69) is 56.1 Å². The molecule has 1 aromatic carbocycles. The van der Waals surface area contributed by atoms with Crippen molar-refractivity contribution in [3.8, 4) is 28.1 Å². The van der Waals surface area contributed by atoms with E-state index in [0.717, 1.165) is 30.8 Å². The first kappa shape index (κ1) is 18.4. The number of anilines is 1. The average Bonchev–Trinajstić information content (AvgIpc) is 3.23. The lowest BCUT2D eigenvalue weighted by atomic mass is 10.0. The van der Waals surface area contributed by atoms with Gasteiger partial charge in [-0.3, -0.25) is 10.00 Å². The Kier molecular flexibility index (Phi) is 4.95. The van der Waals surface area contributed by atoms with Gasteiger partial charge in [-0.25, -0.2) is 4.98 Å². The van der Waals surface area contributed by atoms with Crippen molar-refractivity contribution >= 4 is 5.95 Å². The highest BCUT2D eigenvalue weighted by Gasteiger charge is 2.28. The van der Waals surface area contributed by atoms with E-state index in [1.807, 2.05) is 12.1 Å². The molecule has 0 saturated carbocycles. The van der Waals surface area contributed by atoms with Crippen molar-refractivity contribution in [3.63, 3.8) is 0 Å². The number of H-pyrrole nitrogens is 1. The zero-order chi connectivity index (χ0) is 19.7. The van der Waals surface area contributed by atoms with Gasteiger partial charge in [-0.2, -0.15) is 5.10 Å². The monoisotopic (exact) mass is 379 g/mol. The van der Waals surface area contributed by atoms with Crippen molar-refractivity contribution in [1.82, 2.24) is 30.3 Å². The van der Waals surface area contributed by atoms with E-state index >= 15 is 0 Å². The number of likely N-dealkylation sites (N-methyl/N-ethyl adjacent to an activating group) is 1. The molecule has 8 heteroatoms. The molecular formula is C20H25N7O. The number of nitrogens with zero attached hydrogens (tertiary/aromatic N) is 6. The highest BCUT2D eigenvalue weighted by Crippen LogP contribution is 2.32. The smallest absolute Gasteiger partial charge is 0.245 e. The Morgan fingerprint density at radius 3 is 2.64 bits per heavy atom. The maximum atomic E-state index is 10.4. The zero-order valence-corrected chi connectivity index (χ0v) is 16.4. The number of phenolic OH excluding ortho intramolecular Hbond substituents is 1. The Bertz CT molecular complexity index is 924. The van der Waals surface area contributed by atoms with Crippen molar-refractivity contribution in [1.29, 1.82) is 0 Å². The molecule has 1 aliphatic rings. The van der Waals surface area contributed by atoms with Crippen LogP contribution < -0.4 is 4.90 Å². The number of aromatic nitrogens is 5. The summed E-state index contributed by atoms with van der Waals surface area (Å²) < 4.78 is 0. The second kappa shape index (κ2) is 7.55. The molecule has 2 N–H and O–H groups in total. The van der Waals surface area contributed by atoms with Gasteiger partial charge in [-0.05, 0) is 30.7 Å². The fraction of sp³-hybridized carbons (Fsp3) is 0.400. The van der Waals surface area contributed by atoms with E-state index in [9.17, 15) is 5.11 Å². The van der Waals surface area contributed by atoms with E-state index in [-0.39, 0.29) is 5.75 Å². The third kappa shape index (κ3) is 3.55. The van der Waals surface area contributed by atoms with Crippen molar-refractivity contribution in [2.45, 2.75) is 19.9 Å². The first-order valence-electron chi connectivity index (χ1n) is 9.50. The molecule has 28 heavy (non-hydrogen) atoms. The molecule has 0 radical (unpaired) electrons. The summed E-state index contributed by atoms with van der Waals surface area (Å²) in [6.45, 7) is 7.22. The Labute approximate surface area is 164 Å². The number of phenols is 1. The molecule has 4 rings (SSSR count). The van der Waals surface area contributed by atoms with Crippen LogP contribution in [-0.4, -0.2) is 68.1 Å². The van der Waals surface area contributed by atoms with Gasteiger partial charge in [0.15, 0.2) is 0 Å². The van der Waals surface area contributed by atoms with Crippen LogP contribution in [0.25, 0.3) is 22.4 Å². The van der Waals surface area contributed by atoms with Gasteiger partial charge in [-0.15, -0.1) is 10.2 Å². The summed E-state index contributed by atoms with van der Waals surface area (Å²) in [7, 11) is 2.17. The molecule has 0 aliphatic carbocycles. The highest BCUT2D eigenvalue weighted by molar-refractivity contribution is 5.73. The Hall–Kier alpha value is -3.00. The summed E-state index contributed by atoms with van der Waals surface area (Å²) in [5, 5.41) is 25.8. The van der Waals surface area contributed by atoms with Gasteiger partial charge in [0.1, 0.15) is 11.4 Å². The summed E-state index contributed by atoms with van der Waals surface area (Å²) in [6, 6.07) is 5.91. The molecule has 1 atom stereocenters. The van der Waals surface area contributed by atoms with Gasteiger partial charge in [0, 0.05) is 43.0 Å². The van der Waals surface area contributed by atoms with Crippen LogP contribution in [0.5, 0.6) is 5.75 Å². The second-order valence-electron chi connectivity index (χ2n) is 7.60. The van der Waals surface area contributed by atoms with Crippen molar-refractivity contribution in [2.75, 3.05) is 31.6 Å². The second-order valence-corrected chi connectivity index (χ2v) is 7.60. The van der Waals surface area contributed by atoms with Gasteiger partial charge < -0.3 is 10.0 Å². The van der Waals surface area contributed by atoms with Gasteiger partial charge in [0.2, 0.25) is 5.95 Å². The summed E-state index contributed by atoms with van der Waals surface area (Å²) in [5.41, 5.74) is 2.95. The van der Waals surface area contributed by atoms with Crippen LogP contribution in [0, 0.1) is 5.92 Å². The first-order chi connectivity index (χ1) is 13.5. The lowest BCUT2D eigenvalue weighted by Gasteiger charge is -2.41. The molecule has 3 heterocycles. The molecule has 146 valence electrons. The number of hydrogen-bond donors (Lipinski definition) is 2. The van der Waals surface area contributed by atoms with E-state index in [1.165, 1.54) is 0 Å². The van der Waals surface area contributed by atoms with Crippen LogP contribution in [0.2, 0.25) is 0 Å². The third-order valence-electron chi connectivity index (χ3n) is 5.40. The highest BCUT2D eigenvalue weighted by atomic mass is 16.3. The van der Waals surface area contributed by atoms with Gasteiger partial charge in [-0.1, -0.05) is 19.9 Å². The SMILES string of the molecule is CC(C)C1CN(c2ncc(-c3ccc(-c4cn[nH]c4)cc3O)nn2)CCN1C. The number of piperazine rings is 1. The average molecular weight is 379 g/mol. The molecule has 1 fully saturated rings. The third-order valence-corrected chi connectivity index (χ3v) is 5.40. The maximum Gasteiger partial charge on any atom is 0.245 e. The van der Waals surface area contributed by atoms with Crippen LogP contribution >= 0.6 is 0 Å². The summed E-state index contributed by atoms with van der Waals surface area (Å²) in [4.78, 5) is 9.09. The number of benzene rings is 1. The van der Waals surface area contributed by atoms with Crippen molar-refractivity contribution < 1.29 is 5.11 Å². The Morgan fingerprint density at radius 1 is 1.14 bits per heavy atom. The van der Waals surface area contributed by atoms with E-state index in [1.54, 1.807) is 24.7 Å². The van der Waals surface area contributed by atoms with Crippen LogP contribution in [-0.2, 0) is 0 Å². The zero-order valence-electron chi connectivity index (χ0n) is 16.4. The predicted molar refractivity (Wildman–Crippen MR) is 108 cm³/mol. The van der Waals surface area contributed by atoms with Crippen molar-refractivity contribution in [3.05, 3.63) is 36.8 Å². The number of rotatable bonds is 4. The molecule has 0 amide bonds. The molecule has 3 aromatic rings. The predicted octanol–water partition coefficient (Wildman–Crippen LogP) is 2.41. The van der Waals surface area contributed by atoms with Crippen LogP contribution in [0.3, 0.4) is 0 Å². The van der Waals surface area contributed by atoms with Crippen LogP contribution in [0.1, 0.15) is 13.8 Å². The number of aromatic amines is 1. The molecular weight excluding hydrogens is 354 g/mol. The molecule has 1 saturated heterocycles. The molecule has 0 spiro atoms. The normalized spacial score (nSPS) is 18.0. The topological polar surface area (TPSA) is 94.1 Å². The van der Waals surface area contributed by atoms with Crippen LogP contribution in [0.4, 0.5) is 5.95 Å². The fourth-order valence-corrected chi connectivity index (χ4v) is 3.68. The summed E-state index contributed by atoms with van der Waals surface area (Å²) in [5.74, 6) is 1.34. The molecule has 0 bridgehead atoms. The molecule has 8 nitrogen and oxygen atoms in total. The number of aromatic hydroxyl groups is 1. The number of hydrogen-bond acceptors (Lipinski definition) is 7. The lowest BCUT2D eigenvalue weighted by Crippen LogP contribution is -2.54. The molecule has 1 aliphatic heterocycles. The quantitative estimate of drug-likeness (QED) is 0.719. The lowest BCUT2D eigenvalue weighted by molar-refractivity contribution is 0.172. The summed E-state index contributed by atoms with van der Waals surface area (Å²) in [6.07, 6.45) is 5.17. The van der Waals surface area contributed by atoms with Crippen LogP contribution in [0.15, 0.2) is 36.8 Å². The van der Waals surface area contributed by atoms with Crippen molar-refractivity contribution in [2.24, 2.45) is 5.92 Å². The van der Waals surface area contributed by atoms with Gasteiger partial charge in [0.05, 0.1) is 12.4 Å². The Balaban J connectivity index is 1.54. The largest absolute Gasteiger partial charge is 0.507 e. The molecule has 2 aromatic heterocycles. The minimum absolute atomic E-state index is 0.141. The maximum absolute atomic E-state index is 10.4. The van der Waals surface area contributed by atoms with E-state index in [0.29, 0.717) is 29.2 Å². The summed E-state index contributed by atoms with van der Waals surface area (Å²) >= 11 is 0. The standard InChI is InChI=1S/C20H25N7O/c1-13(2)18-12-27(7-6-26(18)3)20-21-11-17(24-25-20)16-5-4-14(8-19(16)28)15-9-22-23-10-15/h4-5,8-11,13,18,28H,6-7,12H2,1-3H3,(H,22,23). The fourth-order valence-electron chi connectivity index (χ4n) is 3.68. The van der Waals surface area contributed by atoms with Gasteiger partial charge in [0.25, 0.3) is 0 Å².